The molecule has 0 amide bonds. The average Bonchev–Trinajstić information content (AvgIpc) is 3.28. The van der Waals surface area contributed by atoms with Gasteiger partial charge in [0.1, 0.15) is 0 Å². The van der Waals surface area contributed by atoms with E-state index < -0.39 is 4.92 Å². The number of morpholine rings is 1. The summed E-state index contributed by atoms with van der Waals surface area (Å²) >= 11 is 0. The molecule has 0 saturated carbocycles. The van der Waals surface area contributed by atoms with Gasteiger partial charge >= 0.3 is 0 Å². The van der Waals surface area contributed by atoms with Crippen molar-refractivity contribution in [2.24, 2.45) is 5.10 Å². The number of nitrogens with one attached hydrogen (secondary N) is 1. The van der Waals surface area contributed by atoms with Gasteiger partial charge in [-0.2, -0.15) is 5.10 Å². The molecule has 8 heteroatoms. The molecule has 0 spiro atoms. The van der Waals surface area contributed by atoms with Crippen LogP contribution in [-0.4, -0.2) is 55.4 Å². The van der Waals surface area contributed by atoms with Crippen molar-refractivity contribution in [1.82, 2.24) is 4.90 Å². The third-order valence-electron chi connectivity index (χ3n) is 6.45. The highest BCUT2D eigenvalue weighted by Gasteiger charge is 2.25. The number of rotatable bonds is 9. The van der Waals surface area contributed by atoms with E-state index >= 15 is 0 Å². The van der Waals surface area contributed by atoms with E-state index in [0.717, 1.165) is 52.2 Å². The number of nitro benzene ring substituents is 1. The number of hydrogen-bond donors (Lipinski definition) is 1. The van der Waals surface area contributed by atoms with Crippen molar-refractivity contribution in [2.45, 2.75) is 26.7 Å². The zero-order chi connectivity index (χ0) is 24.6. The van der Waals surface area contributed by atoms with E-state index in [4.69, 9.17) is 4.74 Å². The molecule has 1 saturated heterocycles. The Morgan fingerprint density at radius 2 is 1.74 bits per heavy atom. The molecule has 0 radical (unpaired) electrons. The Labute approximate surface area is 206 Å². The Morgan fingerprint density at radius 3 is 2.37 bits per heavy atom. The molecular weight excluding hydrogens is 442 g/mol. The lowest BCUT2D eigenvalue weighted by Crippen LogP contribution is -2.36. The van der Waals surface area contributed by atoms with Gasteiger partial charge in [-0.25, -0.2) is 0 Å². The lowest BCUT2D eigenvalue weighted by atomic mass is 10.1. The Morgan fingerprint density at radius 1 is 1.06 bits per heavy atom. The number of hydrogen-bond acceptors (Lipinski definition) is 7. The number of ether oxygens (including phenoxy) is 1. The second-order valence-corrected chi connectivity index (χ2v) is 8.58. The summed E-state index contributed by atoms with van der Waals surface area (Å²) in [5.41, 5.74) is 9.97. The van der Waals surface area contributed by atoms with Crippen molar-refractivity contribution in [3.8, 4) is 0 Å². The smallest absolute Gasteiger partial charge is 0.269 e. The number of benzene rings is 2. The predicted octanol–water partition coefficient (Wildman–Crippen LogP) is 5.30. The minimum atomic E-state index is -0.407. The number of allylic oxidation sites excluding steroid dienone is 2. The molecule has 2 aromatic rings. The first-order valence-corrected chi connectivity index (χ1v) is 12.2. The van der Waals surface area contributed by atoms with Crippen LogP contribution in [0.1, 0.15) is 32.3 Å². The van der Waals surface area contributed by atoms with Crippen LogP contribution in [0.15, 0.2) is 70.5 Å². The van der Waals surface area contributed by atoms with Gasteiger partial charge in [0.05, 0.1) is 30.0 Å². The normalized spacial score (nSPS) is 17.4. The number of nitro groups is 1. The topological polar surface area (TPSA) is 83.2 Å². The molecule has 8 nitrogen and oxygen atoms in total. The number of hydrazone groups is 1. The molecule has 1 heterocycles. The molecule has 2 aromatic carbocycles. The van der Waals surface area contributed by atoms with E-state index in [-0.39, 0.29) is 5.69 Å². The van der Waals surface area contributed by atoms with E-state index in [1.165, 1.54) is 40.2 Å². The summed E-state index contributed by atoms with van der Waals surface area (Å²) in [5, 5.41) is 15.3. The van der Waals surface area contributed by atoms with Gasteiger partial charge in [-0.15, -0.1) is 0 Å². The van der Waals surface area contributed by atoms with Gasteiger partial charge in [-0.1, -0.05) is 12.1 Å². The third-order valence-corrected chi connectivity index (χ3v) is 6.45. The van der Waals surface area contributed by atoms with E-state index in [1.54, 1.807) is 12.1 Å². The SMILES string of the molecule is CCN(CC)c1ccc(C=C2CCC(C=NNc3ccc([N+](=O)[O-])cc3)=C2N2CCOCC2)cc1. The number of anilines is 2. The zero-order valence-corrected chi connectivity index (χ0v) is 20.4. The summed E-state index contributed by atoms with van der Waals surface area (Å²) < 4.78 is 5.59. The van der Waals surface area contributed by atoms with Crippen LogP contribution in [0.5, 0.6) is 0 Å². The summed E-state index contributed by atoms with van der Waals surface area (Å²) in [6, 6.07) is 15.0. The van der Waals surface area contributed by atoms with Crippen LogP contribution in [0.2, 0.25) is 0 Å². The minimum Gasteiger partial charge on any atom is -0.378 e. The number of nitrogens with zero attached hydrogens (tertiary/aromatic N) is 4. The lowest BCUT2D eigenvalue weighted by Gasteiger charge is -2.31. The van der Waals surface area contributed by atoms with Crippen LogP contribution in [-0.2, 0) is 4.74 Å². The van der Waals surface area contributed by atoms with Crippen LogP contribution < -0.4 is 10.3 Å². The van der Waals surface area contributed by atoms with Crippen LogP contribution >= 0.6 is 0 Å². The van der Waals surface area contributed by atoms with Gasteiger partial charge in [-0.05, 0) is 73.7 Å². The summed E-state index contributed by atoms with van der Waals surface area (Å²) in [4.78, 5) is 15.2. The minimum absolute atomic E-state index is 0.0625. The molecule has 0 bridgehead atoms. The molecule has 1 fully saturated rings. The molecule has 1 aliphatic carbocycles. The van der Waals surface area contributed by atoms with Crippen molar-refractivity contribution in [1.29, 1.82) is 0 Å². The van der Waals surface area contributed by atoms with E-state index in [1.807, 2.05) is 6.21 Å². The van der Waals surface area contributed by atoms with E-state index in [2.05, 4.69) is 64.5 Å². The van der Waals surface area contributed by atoms with Crippen LogP contribution in [0.4, 0.5) is 17.1 Å². The molecule has 0 atom stereocenters. The van der Waals surface area contributed by atoms with Crippen LogP contribution in [0, 0.1) is 10.1 Å². The van der Waals surface area contributed by atoms with Gasteiger partial charge < -0.3 is 14.5 Å². The molecule has 184 valence electrons. The number of non-ortho nitro benzene ring substituents is 1. The third kappa shape index (κ3) is 6.08. The fourth-order valence-electron chi connectivity index (χ4n) is 4.59. The van der Waals surface area contributed by atoms with Crippen molar-refractivity contribution < 1.29 is 9.66 Å². The highest BCUT2D eigenvalue weighted by molar-refractivity contribution is 5.84. The van der Waals surface area contributed by atoms with Crippen LogP contribution in [0.25, 0.3) is 6.08 Å². The standard InChI is InChI=1S/C27H33N5O3/c1-3-30(4-2)25-11-5-21(6-12-25)19-22-7-8-23(27(22)31-15-17-35-18-16-31)20-28-29-24-9-13-26(14-10-24)32(33)34/h5-6,9-14,19-20,29H,3-4,7-8,15-18H2,1-2H3. The first kappa shape index (κ1) is 24.5. The molecule has 4 rings (SSSR count). The summed E-state index contributed by atoms with van der Waals surface area (Å²) in [7, 11) is 0. The zero-order valence-electron chi connectivity index (χ0n) is 20.4. The molecule has 1 aliphatic heterocycles. The largest absolute Gasteiger partial charge is 0.378 e. The monoisotopic (exact) mass is 475 g/mol. The molecule has 1 N–H and O–H groups in total. The average molecular weight is 476 g/mol. The molecular formula is C27H33N5O3. The molecule has 35 heavy (non-hydrogen) atoms. The van der Waals surface area contributed by atoms with Gasteiger partial charge in [0, 0.05) is 49.7 Å². The highest BCUT2D eigenvalue weighted by Crippen LogP contribution is 2.35. The summed E-state index contributed by atoms with van der Waals surface area (Å²) in [6.07, 6.45) is 6.06. The quantitative estimate of drug-likeness (QED) is 0.301. The van der Waals surface area contributed by atoms with Crippen molar-refractivity contribution in [3.05, 3.63) is 81.1 Å². The van der Waals surface area contributed by atoms with Crippen molar-refractivity contribution in [3.63, 3.8) is 0 Å². The second-order valence-electron chi connectivity index (χ2n) is 8.58. The Hall–Kier alpha value is -3.65. The maximum atomic E-state index is 10.9. The van der Waals surface area contributed by atoms with Crippen LogP contribution in [0.3, 0.4) is 0 Å². The van der Waals surface area contributed by atoms with Crippen molar-refractivity contribution in [2.75, 3.05) is 49.7 Å². The van der Waals surface area contributed by atoms with Gasteiger partial charge in [-0.3, -0.25) is 15.5 Å². The summed E-state index contributed by atoms with van der Waals surface area (Å²) in [5.74, 6) is 0. The molecule has 0 unspecified atom stereocenters. The second kappa shape index (κ2) is 11.7. The molecule has 2 aliphatic rings. The maximum Gasteiger partial charge on any atom is 0.269 e. The summed E-state index contributed by atoms with van der Waals surface area (Å²) in [6.45, 7) is 9.52. The van der Waals surface area contributed by atoms with Gasteiger partial charge in [0.15, 0.2) is 0 Å². The first-order valence-electron chi connectivity index (χ1n) is 12.2. The Balaban J connectivity index is 1.55. The van der Waals surface area contributed by atoms with Gasteiger partial charge in [0.2, 0.25) is 0 Å². The highest BCUT2D eigenvalue weighted by atomic mass is 16.6. The fraction of sp³-hybridized carbons (Fsp3) is 0.370. The Bertz CT molecular complexity index is 1100. The lowest BCUT2D eigenvalue weighted by molar-refractivity contribution is -0.384. The van der Waals surface area contributed by atoms with Gasteiger partial charge in [0.25, 0.3) is 5.69 Å². The predicted molar refractivity (Wildman–Crippen MR) is 142 cm³/mol. The fourth-order valence-corrected chi connectivity index (χ4v) is 4.59. The maximum absolute atomic E-state index is 10.9. The van der Waals surface area contributed by atoms with Crippen molar-refractivity contribution >= 4 is 29.4 Å². The molecule has 0 aromatic heterocycles. The van der Waals surface area contributed by atoms with E-state index in [9.17, 15) is 10.1 Å². The Kier molecular flexibility index (Phi) is 8.15. The first-order chi connectivity index (χ1) is 17.1. The van der Waals surface area contributed by atoms with E-state index in [0.29, 0.717) is 5.69 Å².